The van der Waals surface area contributed by atoms with Crippen LogP contribution >= 0.6 is 11.8 Å². The Hall–Kier alpha value is -2.97. The van der Waals surface area contributed by atoms with Gasteiger partial charge in [0.25, 0.3) is 15.9 Å². The molecule has 3 aromatic carbocycles. The Morgan fingerprint density at radius 3 is 2.15 bits per heavy atom. The fourth-order valence-corrected chi connectivity index (χ4v) is 4.85. The molecule has 0 aliphatic rings. The van der Waals surface area contributed by atoms with E-state index < -0.39 is 10.0 Å². The summed E-state index contributed by atoms with van der Waals surface area (Å²) in [6.07, 6.45) is 1.94. The quantitative estimate of drug-likeness (QED) is 0.427. The van der Waals surface area contributed by atoms with Crippen LogP contribution in [0.1, 0.15) is 35.8 Å². The van der Waals surface area contributed by atoms with Crippen molar-refractivity contribution in [1.82, 2.24) is 5.32 Å². The van der Waals surface area contributed by atoms with Crippen molar-refractivity contribution < 1.29 is 17.9 Å². The van der Waals surface area contributed by atoms with Crippen molar-refractivity contribution in [1.29, 1.82) is 0 Å². The minimum absolute atomic E-state index is 0.194. The zero-order chi connectivity index (χ0) is 24.0. The van der Waals surface area contributed by atoms with E-state index in [1.807, 2.05) is 44.4 Å². The van der Waals surface area contributed by atoms with Gasteiger partial charge in [-0.05, 0) is 86.3 Å². The van der Waals surface area contributed by atoms with Crippen LogP contribution in [-0.4, -0.2) is 34.2 Å². The number of hydrogen-bond donors (Lipinski definition) is 1. The molecule has 33 heavy (non-hydrogen) atoms. The van der Waals surface area contributed by atoms with Crippen LogP contribution in [-0.2, 0) is 10.0 Å². The summed E-state index contributed by atoms with van der Waals surface area (Å²) in [5.74, 6) is 0.552. The average molecular weight is 485 g/mol. The normalized spacial score (nSPS) is 12.1. The van der Waals surface area contributed by atoms with Crippen LogP contribution in [0.5, 0.6) is 5.75 Å². The Morgan fingerprint density at radius 2 is 1.61 bits per heavy atom. The van der Waals surface area contributed by atoms with Crippen LogP contribution in [0, 0.1) is 0 Å². The molecule has 1 N–H and O–H groups in total. The third-order valence-electron chi connectivity index (χ3n) is 5.25. The summed E-state index contributed by atoms with van der Waals surface area (Å²) in [5, 5.41) is 2.97. The van der Waals surface area contributed by atoms with E-state index in [0.29, 0.717) is 17.9 Å². The van der Waals surface area contributed by atoms with Gasteiger partial charge in [-0.25, -0.2) is 8.42 Å². The van der Waals surface area contributed by atoms with Crippen molar-refractivity contribution in [3.05, 3.63) is 83.9 Å². The number of thioether (sulfide) groups is 1. The van der Waals surface area contributed by atoms with Crippen LogP contribution in [0.3, 0.4) is 0 Å². The molecule has 0 spiro atoms. The largest absolute Gasteiger partial charge is 0.494 e. The minimum atomic E-state index is -3.70. The second kappa shape index (κ2) is 10.8. The van der Waals surface area contributed by atoms with E-state index in [4.69, 9.17) is 4.74 Å². The summed E-state index contributed by atoms with van der Waals surface area (Å²) in [6, 6.07) is 20.7. The van der Waals surface area contributed by atoms with E-state index in [1.54, 1.807) is 60.3 Å². The van der Waals surface area contributed by atoms with Crippen LogP contribution in [0.15, 0.2) is 82.6 Å². The molecule has 0 aliphatic heterocycles. The Balaban J connectivity index is 1.68. The molecule has 1 atom stereocenters. The highest BCUT2D eigenvalue weighted by atomic mass is 32.2. The lowest BCUT2D eigenvalue weighted by atomic mass is 10.1. The van der Waals surface area contributed by atoms with E-state index >= 15 is 0 Å². The molecule has 0 fully saturated rings. The summed E-state index contributed by atoms with van der Waals surface area (Å²) in [5.41, 5.74) is 1.88. The second-order valence-electron chi connectivity index (χ2n) is 7.39. The van der Waals surface area contributed by atoms with Crippen molar-refractivity contribution >= 4 is 33.4 Å². The first kappa shape index (κ1) is 24.7. The van der Waals surface area contributed by atoms with Crippen molar-refractivity contribution in [3.8, 4) is 5.75 Å². The summed E-state index contributed by atoms with van der Waals surface area (Å²) >= 11 is 1.55. The molecule has 8 heteroatoms. The lowest BCUT2D eigenvalue weighted by molar-refractivity contribution is 0.0940. The maximum Gasteiger partial charge on any atom is 0.264 e. The number of hydrogen-bond acceptors (Lipinski definition) is 5. The predicted molar refractivity (Wildman–Crippen MR) is 134 cm³/mol. The van der Waals surface area contributed by atoms with Crippen molar-refractivity contribution in [2.24, 2.45) is 0 Å². The SMILES string of the molecule is CCOc1ccc([C@H](C)NC(=O)c2ccc(N(C)S(=O)(=O)c3ccc(SC)cc3)cc2)cc1. The summed E-state index contributed by atoms with van der Waals surface area (Å²) in [4.78, 5) is 13.9. The van der Waals surface area contributed by atoms with Gasteiger partial charge in [0.05, 0.1) is 23.2 Å². The molecular formula is C25H28N2O4S2. The number of nitrogens with zero attached hydrogens (tertiary/aromatic N) is 1. The Bertz CT molecular complexity index is 1180. The maximum atomic E-state index is 12.9. The van der Waals surface area contributed by atoms with Crippen molar-refractivity contribution in [3.63, 3.8) is 0 Å². The molecule has 0 saturated carbocycles. The zero-order valence-corrected chi connectivity index (χ0v) is 20.7. The van der Waals surface area contributed by atoms with Gasteiger partial charge in [0, 0.05) is 17.5 Å². The molecule has 0 unspecified atom stereocenters. The molecule has 1 amide bonds. The van der Waals surface area contributed by atoms with Crippen LogP contribution in [0.25, 0.3) is 0 Å². The Labute approximate surface area is 200 Å². The number of anilines is 1. The van der Waals surface area contributed by atoms with Gasteiger partial charge < -0.3 is 10.1 Å². The first-order valence-corrected chi connectivity index (χ1v) is 13.2. The van der Waals surface area contributed by atoms with Gasteiger partial charge >= 0.3 is 0 Å². The average Bonchev–Trinajstić information content (AvgIpc) is 2.84. The number of carbonyl (C=O) groups excluding carboxylic acids is 1. The van der Waals surface area contributed by atoms with Crippen LogP contribution < -0.4 is 14.4 Å². The number of nitrogens with one attached hydrogen (secondary N) is 1. The molecule has 0 radical (unpaired) electrons. The van der Waals surface area contributed by atoms with E-state index in [2.05, 4.69) is 5.32 Å². The molecule has 6 nitrogen and oxygen atoms in total. The highest BCUT2D eigenvalue weighted by Gasteiger charge is 2.21. The number of amides is 1. The number of carbonyl (C=O) groups is 1. The third-order valence-corrected chi connectivity index (χ3v) is 7.79. The van der Waals surface area contributed by atoms with Gasteiger partial charge in [-0.1, -0.05) is 12.1 Å². The highest BCUT2D eigenvalue weighted by Crippen LogP contribution is 2.25. The smallest absolute Gasteiger partial charge is 0.264 e. The molecule has 3 aromatic rings. The molecule has 0 heterocycles. The number of rotatable bonds is 9. The molecule has 0 aromatic heterocycles. The van der Waals surface area contributed by atoms with Crippen LogP contribution in [0.4, 0.5) is 5.69 Å². The zero-order valence-electron chi connectivity index (χ0n) is 19.1. The minimum Gasteiger partial charge on any atom is -0.494 e. The second-order valence-corrected chi connectivity index (χ2v) is 10.2. The fraction of sp³-hybridized carbons (Fsp3) is 0.240. The van der Waals surface area contributed by atoms with Crippen molar-refractivity contribution in [2.45, 2.75) is 29.7 Å². The first-order chi connectivity index (χ1) is 15.8. The standard InChI is InChI=1S/C25H28N2O4S2/c1-5-31-22-12-8-19(9-13-22)18(2)26-25(28)20-6-10-21(11-7-20)27(3)33(29,30)24-16-14-23(32-4)15-17-24/h6-18H,5H2,1-4H3,(H,26,28)/t18-/m0/s1. The first-order valence-electron chi connectivity index (χ1n) is 10.5. The van der Waals surface area contributed by atoms with Gasteiger partial charge in [0.1, 0.15) is 5.75 Å². The third kappa shape index (κ3) is 5.89. The van der Waals surface area contributed by atoms with E-state index in [0.717, 1.165) is 16.2 Å². The molecule has 0 bridgehead atoms. The summed E-state index contributed by atoms with van der Waals surface area (Å²) in [6.45, 7) is 4.44. The Kier molecular flexibility index (Phi) is 8.05. The van der Waals surface area contributed by atoms with Crippen molar-refractivity contribution in [2.75, 3.05) is 24.2 Å². The molecular weight excluding hydrogens is 456 g/mol. The van der Waals surface area contributed by atoms with E-state index in [9.17, 15) is 13.2 Å². The lowest BCUT2D eigenvalue weighted by Crippen LogP contribution is -2.28. The van der Waals surface area contributed by atoms with E-state index in [-0.39, 0.29) is 16.8 Å². The summed E-state index contributed by atoms with van der Waals surface area (Å²) in [7, 11) is -2.20. The number of benzene rings is 3. The summed E-state index contributed by atoms with van der Waals surface area (Å²) < 4.78 is 32.6. The molecule has 174 valence electrons. The van der Waals surface area contributed by atoms with Crippen LogP contribution in [0.2, 0.25) is 0 Å². The van der Waals surface area contributed by atoms with Gasteiger partial charge in [-0.2, -0.15) is 0 Å². The van der Waals surface area contributed by atoms with Gasteiger partial charge in [0.15, 0.2) is 0 Å². The van der Waals surface area contributed by atoms with Gasteiger partial charge in [0.2, 0.25) is 0 Å². The molecule has 0 saturated heterocycles. The lowest BCUT2D eigenvalue weighted by Gasteiger charge is -2.20. The molecule has 0 aliphatic carbocycles. The fourth-order valence-electron chi connectivity index (χ4n) is 3.25. The highest BCUT2D eigenvalue weighted by molar-refractivity contribution is 7.98. The predicted octanol–water partition coefficient (Wildman–Crippen LogP) is 5.12. The van der Waals surface area contributed by atoms with Gasteiger partial charge in [-0.3, -0.25) is 9.10 Å². The number of ether oxygens (including phenoxy) is 1. The van der Waals surface area contributed by atoms with E-state index in [1.165, 1.54) is 11.4 Å². The monoisotopic (exact) mass is 484 g/mol. The topological polar surface area (TPSA) is 75.7 Å². The Morgan fingerprint density at radius 1 is 1.00 bits per heavy atom. The maximum absolute atomic E-state index is 12.9. The van der Waals surface area contributed by atoms with Gasteiger partial charge in [-0.15, -0.1) is 11.8 Å². The number of sulfonamides is 1. The molecule has 3 rings (SSSR count).